The number of rotatable bonds is 3. The van der Waals surface area contributed by atoms with Crippen LogP contribution in [0.15, 0.2) is 41.8 Å². The minimum absolute atomic E-state index is 0.226. The number of ether oxygens (including phenoxy) is 1. The van der Waals surface area contributed by atoms with E-state index in [0.717, 1.165) is 15.6 Å². The molecular formula is C16H11ClO3S. The van der Waals surface area contributed by atoms with Gasteiger partial charge in [-0.2, -0.15) is 0 Å². The lowest BCUT2D eigenvalue weighted by atomic mass is 9.96. The molecule has 0 unspecified atom stereocenters. The number of hydrogen-bond donors (Lipinski definition) is 1. The van der Waals surface area contributed by atoms with Crippen molar-refractivity contribution in [2.75, 3.05) is 7.11 Å². The predicted molar refractivity (Wildman–Crippen MR) is 85.8 cm³/mol. The number of aromatic carboxylic acids is 1. The Morgan fingerprint density at radius 1 is 1.24 bits per heavy atom. The highest BCUT2D eigenvalue weighted by Crippen LogP contribution is 2.40. The Labute approximate surface area is 130 Å². The van der Waals surface area contributed by atoms with Gasteiger partial charge in [0.1, 0.15) is 5.75 Å². The fourth-order valence-electron chi connectivity index (χ4n) is 2.39. The summed E-state index contributed by atoms with van der Waals surface area (Å²) >= 11 is 7.56. The number of methoxy groups -OCH3 is 1. The van der Waals surface area contributed by atoms with Crippen molar-refractivity contribution in [1.82, 2.24) is 0 Å². The van der Waals surface area contributed by atoms with Crippen LogP contribution in [-0.4, -0.2) is 18.2 Å². The maximum Gasteiger partial charge on any atom is 0.336 e. The molecule has 3 nitrogen and oxygen atoms in total. The third-order valence-electron chi connectivity index (χ3n) is 3.28. The fraction of sp³-hybridized carbons (Fsp3) is 0.0625. The average molecular weight is 319 g/mol. The third-order valence-corrected chi connectivity index (χ3v) is 4.40. The Hall–Kier alpha value is -2.04. The highest BCUT2D eigenvalue weighted by atomic mass is 35.5. The number of hydrogen-bond acceptors (Lipinski definition) is 3. The van der Waals surface area contributed by atoms with Gasteiger partial charge in [0, 0.05) is 20.8 Å². The van der Waals surface area contributed by atoms with E-state index in [4.69, 9.17) is 16.3 Å². The third kappa shape index (κ3) is 2.37. The number of carboxylic acids is 1. The molecule has 0 amide bonds. The maximum absolute atomic E-state index is 11.6. The molecule has 0 aliphatic carbocycles. The second-order valence-corrected chi connectivity index (χ2v) is 5.86. The molecule has 0 atom stereocenters. The lowest BCUT2D eigenvalue weighted by Gasteiger charge is -2.13. The Morgan fingerprint density at radius 2 is 2.05 bits per heavy atom. The van der Waals surface area contributed by atoms with E-state index >= 15 is 0 Å². The largest absolute Gasteiger partial charge is 0.496 e. The van der Waals surface area contributed by atoms with Gasteiger partial charge in [-0.25, -0.2) is 4.79 Å². The Bertz CT molecular complexity index is 825. The first-order valence-electron chi connectivity index (χ1n) is 6.19. The van der Waals surface area contributed by atoms with E-state index in [1.165, 1.54) is 18.4 Å². The summed E-state index contributed by atoms with van der Waals surface area (Å²) in [6.45, 7) is 0. The van der Waals surface area contributed by atoms with Gasteiger partial charge in [0.2, 0.25) is 0 Å². The van der Waals surface area contributed by atoms with Crippen molar-refractivity contribution in [1.29, 1.82) is 0 Å². The van der Waals surface area contributed by atoms with Crippen molar-refractivity contribution in [3.63, 3.8) is 0 Å². The lowest BCUT2D eigenvalue weighted by Crippen LogP contribution is -2.01. The van der Waals surface area contributed by atoms with Crippen molar-refractivity contribution < 1.29 is 14.6 Å². The Morgan fingerprint density at radius 3 is 2.67 bits per heavy atom. The second-order valence-electron chi connectivity index (χ2n) is 4.47. The molecule has 1 heterocycles. The van der Waals surface area contributed by atoms with E-state index in [1.807, 2.05) is 23.6 Å². The molecule has 21 heavy (non-hydrogen) atoms. The van der Waals surface area contributed by atoms with Crippen LogP contribution in [0.1, 0.15) is 10.4 Å². The van der Waals surface area contributed by atoms with Crippen LogP contribution in [0.5, 0.6) is 5.75 Å². The molecule has 0 radical (unpaired) electrons. The normalized spacial score (nSPS) is 10.8. The van der Waals surface area contributed by atoms with E-state index in [1.54, 1.807) is 18.2 Å². The van der Waals surface area contributed by atoms with Crippen molar-refractivity contribution in [3.8, 4) is 16.2 Å². The highest BCUT2D eigenvalue weighted by Gasteiger charge is 2.19. The van der Waals surface area contributed by atoms with Crippen molar-refractivity contribution in [3.05, 3.63) is 52.4 Å². The number of carbonyl (C=O) groups is 1. The molecule has 0 saturated carbocycles. The van der Waals surface area contributed by atoms with Gasteiger partial charge in [-0.1, -0.05) is 23.7 Å². The van der Waals surface area contributed by atoms with Crippen LogP contribution in [0, 0.1) is 0 Å². The highest BCUT2D eigenvalue weighted by molar-refractivity contribution is 7.13. The summed E-state index contributed by atoms with van der Waals surface area (Å²) in [4.78, 5) is 12.5. The SMILES string of the molecule is COc1cc(C(=O)O)c(-c2cccs2)c2ccc(Cl)cc12. The first kappa shape index (κ1) is 13.9. The van der Waals surface area contributed by atoms with E-state index in [2.05, 4.69) is 0 Å². The van der Waals surface area contributed by atoms with Gasteiger partial charge in [-0.15, -0.1) is 11.3 Å². The topological polar surface area (TPSA) is 46.5 Å². The van der Waals surface area contributed by atoms with E-state index in [0.29, 0.717) is 16.3 Å². The molecule has 3 aromatic rings. The van der Waals surface area contributed by atoms with Crippen molar-refractivity contribution >= 4 is 39.7 Å². The van der Waals surface area contributed by atoms with Gasteiger partial charge >= 0.3 is 5.97 Å². The first-order valence-corrected chi connectivity index (χ1v) is 7.45. The van der Waals surface area contributed by atoms with Crippen molar-refractivity contribution in [2.24, 2.45) is 0 Å². The molecule has 106 valence electrons. The Kier molecular flexibility index (Phi) is 3.57. The molecule has 2 aromatic carbocycles. The second kappa shape index (κ2) is 5.39. The number of benzene rings is 2. The molecule has 5 heteroatoms. The minimum Gasteiger partial charge on any atom is -0.496 e. The number of fused-ring (bicyclic) bond motifs is 1. The van der Waals surface area contributed by atoms with Crippen LogP contribution >= 0.6 is 22.9 Å². The summed E-state index contributed by atoms with van der Waals surface area (Å²) in [5.41, 5.74) is 0.925. The zero-order chi connectivity index (χ0) is 15.0. The van der Waals surface area contributed by atoms with Gasteiger partial charge < -0.3 is 9.84 Å². The molecule has 0 fully saturated rings. The standard InChI is InChI=1S/C16H11ClO3S/c1-20-13-8-12(16(18)19)15(14-3-2-6-21-14)10-5-4-9(17)7-11(10)13/h2-8H,1H3,(H,18,19). The number of thiophene rings is 1. The van der Waals surface area contributed by atoms with Gasteiger partial charge in [0.25, 0.3) is 0 Å². The summed E-state index contributed by atoms with van der Waals surface area (Å²) in [7, 11) is 1.52. The lowest BCUT2D eigenvalue weighted by molar-refractivity contribution is 0.0697. The van der Waals surface area contributed by atoms with Gasteiger partial charge in [0.05, 0.1) is 12.7 Å². The Balaban J connectivity index is 2.48. The van der Waals surface area contributed by atoms with Crippen LogP contribution in [-0.2, 0) is 0 Å². The molecule has 0 aliphatic rings. The summed E-state index contributed by atoms with van der Waals surface area (Å²) in [5.74, 6) is -0.473. The zero-order valence-electron chi connectivity index (χ0n) is 11.1. The first-order chi connectivity index (χ1) is 10.1. The molecule has 1 aromatic heterocycles. The van der Waals surface area contributed by atoms with Crippen molar-refractivity contribution in [2.45, 2.75) is 0 Å². The molecule has 0 saturated heterocycles. The monoisotopic (exact) mass is 318 g/mol. The quantitative estimate of drug-likeness (QED) is 0.745. The maximum atomic E-state index is 11.6. The summed E-state index contributed by atoms with van der Waals surface area (Å²) < 4.78 is 5.33. The summed E-state index contributed by atoms with van der Waals surface area (Å²) in [5, 5.41) is 13.7. The van der Waals surface area contributed by atoms with Crippen LogP contribution in [0.4, 0.5) is 0 Å². The minimum atomic E-state index is -0.978. The molecule has 1 N–H and O–H groups in total. The van der Waals surface area contributed by atoms with E-state index in [-0.39, 0.29) is 5.56 Å². The molecular weight excluding hydrogens is 308 g/mol. The fourth-order valence-corrected chi connectivity index (χ4v) is 3.36. The van der Waals surface area contributed by atoms with Gasteiger partial charge in [-0.3, -0.25) is 0 Å². The smallest absolute Gasteiger partial charge is 0.336 e. The van der Waals surface area contributed by atoms with Crippen LogP contribution in [0.3, 0.4) is 0 Å². The van der Waals surface area contributed by atoms with Gasteiger partial charge in [-0.05, 0) is 35.0 Å². The molecule has 3 rings (SSSR count). The number of carboxylic acid groups (broad SMARTS) is 1. The number of halogens is 1. The molecule has 0 spiro atoms. The van der Waals surface area contributed by atoms with Crippen LogP contribution < -0.4 is 4.74 Å². The van der Waals surface area contributed by atoms with Crippen LogP contribution in [0.25, 0.3) is 21.2 Å². The summed E-state index contributed by atoms with van der Waals surface area (Å²) in [6, 6.07) is 10.7. The van der Waals surface area contributed by atoms with Crippen LogP contribution in [0.2, 0.25) is 5.02 Å². The summed E-state index contributed by atoms with van der Waals surface area (Å²) in [6.07, 6.45) is 0. The zero-order valence-corrected chi connectivity index (χ0v) is 12.7. The molecule has 0 bridgehead atoms. The predicted octanol–water partition coefficient (Wildman–Crippen LogP) is 4.93. The van der Waals surface area contributed by atoms with E-state index in [9.17, 15) is 9.90 Å². The molecule has 0 aliphatic heterocycles. The average Bonchev–Trinajstić information content (AvgIpc) is 2.99. The van der Waals surface area contributed by atoms with E-state index < -0.39 is 5.97 Å². The van der Waals surface area contributed by atoms with Gasteiger partial charge in [0.15, 0.2) is 0 Å².